The zero-order valence-electron chi connectivity index (χ0n) is 11.7. The summed E-state index contributed by atoms with van der Waals surface area (Å²) < 4.78 is 5.25. The lowest BCUT2D eigenvalue weighted by molar-refractivity contribution is -0.132. The minimum absolute atomic E-state index is 0.0998. The lowest BCUT2D eigenvalue weighted by Crippen LogP contribution is -2.46. The summed E-state index contributed by atoms with van der Waals surface area (Å²) in [4.78, 5) is 14.6. The Balaban J connectivity index is 1.81. The third kappa shape index (κ3) is 3.46. The van der Waals surface area contributed by atoms with Crippen molar-refractivity contribution in [3.05, 3.63) is 0 Å². The van der Waals surface area contributed by atoms with Crippen LogP contribution >= 0.6 is 0 Å². The van der Waals surface area contributed by atoms with Gasteiger partial charge in [0.05, 0.1) is 6.07 Å². The van der Waals surface area contributed by atoms with Crippen LogP contribution in [0.15, 0.2) is 0 Å². The van der Waals surface area contributed by atoms with Crippen molar-refractivity contribution in [2.45, 2.75) is 25.7 Å². The quantitative estimate of drug-likeness (QED) is 0.818. The minimum atomic E-state index is -0.857. The number of amides is 1. The second-order valence-corrected chi connectivity index (χ2v) is 5.76. The van der Waals surface area contributed by atoms with Crippen LogP contribution < -0.4 is 5.32 Å². The van der Waals surface area contributed by atoms with Crippen LogP contribution in [0.4, 0.5) is 0 Å². The smallest absolute Gasteiger partial charge is 0.240 e. The number of hydrogen-bond donors (Lipinski definition) is 1. The van der Waals surface area contributed by atoms with E-state index in [9.17, 15) is 10.1 Å². The molecule has 2 heterocycles. The third-order valence-electron chi connectivity index (χ3n) is 4.38. The fourth-order valence-corrected chi connectivity index (χ4v) is 2.78. The van der Waals surface area contributed by atoms with Crippen molar-refractivity contribution in [2.24, 2.45) is 11.3 Å². The van der Waals surface area contributed by atoms with Crippen LogP contribution in [0.1, 0.15) is 25.7 Å². The molecule has 0 unspecified atom stereocenters. The number of carbonyl (C=O) groups is 1. The first-order valence-corrected chi connectivity index (χ1v) is 7.12. The molecule has 5 heteroatoms. The SMILES string of the molecule is CN1CCC(CNC(=O)C2(C#N)CCOCC2)CC1. The summed E-state index contributed by atoms with van der Waals surface area (Å²) in [6.45, 7) is 3.91. The van der Waals surface area contributed by atoms with Crippen molar-refractivity contribution in [3.63, 3.8) is 0 Å². The van der Waals surface area contributed by atoms with Gasteiger partial charge in [-0.2, -0.15) is 5.26 Å². The number of nitriles is 1. The number of hydrogen-bond acceptors (Lipinski definition) is 4. The van der Waals surface area contributed by atoms with E-state index >= 15 is 0 Å². The van der Waals surface area contributed by atoms with Crippen LogP contribution in [0.2, 0.25) is 0 Å². The van der Waals surface area contributed by atoms with Crippen LogP contribution in [-0.2, 0) is 9.53 Å². The molecule has 2 fully saturated rings. The number of carbonyl (C=O) groups excluding carboxylic acids is 1. The van der Waals surface area contributed by atoms with Crippen LogP contribution in [0.3, 0.4) is 0 Å². The molecule has 0 aromatic heterocycles. The minimum Gasteiger partial charge on any atom is -0.381 e. The van der Waals surface area contributed by atoms with Gasteiger partial charge >= 0.3 is 0 Å². The Morgan fingerprint density at radius 1 is 1.42 bits per heavy atom. The summed E-state index contributed by atoms with van der Waals surface area (Å²) in [7, 11) is 2.13. The molecule has 0 radical (unpaired) electrons. The molecule has 106 valence electrons. The molecule has 0 saturated carbocycles. The molecule has 1 amide bonds. The van der Waals surface area contributed by atoms with Gasteiger partial charge in [0.25, 0.3) is 0 Å². The lowest BCUT2D eigenvalue weighted by Gasteiger charge is -2.32. The molecule has 1 N–H and O–H groups in total. The van der Waals surface area contributed by atoms with Crippen LogP contribution in [-0.4, -0.2) is 50.7 Å². The van der Waals surface area contributed by atoms with E-state index in [1.807, 2.05) is 0 Å². The maximum Gasteiger partial charge on any atom is 0.240 e. The first-order valence-electron chi connectivity index (χ1n) is 7.12. The molecule has 2 rings (SSSR count). The fourth-order valence-electron chi connectivity index (χ4n) is 2.78. The summed E-state index contributed by atoms with van der Waals surface area (Å²) >= 11 is 0. The van der Waals surface area contributed by atoms with E-state index in [-0.39, 0.29) is 5.91 Å². The van der Waals surface area contributed by atoms with Gasteiger partial charge in [-0.3, -0.25) is 4.79 Å². The van der Waals surface area contributed by atoms with Gasteiger partial charge in [-0.05, 0) is 51.7 Å². The van der Waals surface area contributed by atoms with Crippen molar-refractivity contribution in [1.29, 1.82) is 5.26 Å². The van der Waals surface area contributed by atoms with E-state index in [0.29, 0.717) is 38.5 Å². The molecule has 0 atom stereocenters. The highest BCUT2D eigenvalue weighted by Crippen LogP contribution is 2.30. The van der Waals surface area contributed by atoms with Gasteiger partial charge in [0.2, 0.25) is 5.91 Å². The topological polar surface area (TPSA) is 65.4 Å². The van der Waals surface area contributed by atoms with Gasteiger partial charge in [0.1, 0.15) is 5.41 Å². The van der Waals surface area contributed by atoms with Gasteiger partial charge in [-0.25, -0.2) is 0 Å². The van der Waals surface area contributed by atoms with E-state index < -0.39 is 5.41 Å². The number of piperidine rings is 1. The molecule has 5 nitrogen and oxygen atoms in total. The molecule has 2 saturated heterocycles. The van der Waals surface area contributed by atoms with Crippen LogP contribution in [0, 0.1) is 22.7 Å². The Labute approximate surface area is 114 Å². The molecule has 19 heavy (non-hydrogen) atoms. The second-order valence-electron chi connectivity index (χ2n) is 5.76. The molecular formula is C14H23N3O2. The van der Waals surface area contributed by atoms with Crippen molar-refractivity contribution in [3.8, 4) is 6.07 Å². The predicted octanol–water partition coefficient (Wildman–Crippen LogP) is 0.765. The molecule has 0 aromatic rings. The van der Waals surface area contributed by atoms with E-state index in [0.717, 1.165) is 25.9 Å². The van der Waals surface area contributed by atoms with E-state index in [1.165, 1.54) is 0 Å². The highest BCUT2D eigenvalue weighted by Gasteiger charge is 2.40. The zero-order valence-corrected chi connectivity index (χ0v) is 11.7. The maximum absolute atomic E-state index is 12.3. The van der Waals surface area contributed by atoms with Crippen molar-refractivity contribution < 1.29 is 9.53 Å². The Morgan fingerprint density at radius 2 is 2.05 bits per heavy atom. The third-order valence-corrected chi connectivity index (χ3v) is 4.38. The number of ether oxygens (including phenoxy) is 1. The Bertz CT molecular complexity index is 350. The summed E-state index contributed by atoms with van der Waals surface area (Å²) in [5.74, 6) is 0.452. The first kappa shape index (κ1) is 14.3. The molecule has 0 aromatic carbocycles. The number of likely N-dealkylation sites (tertiary alicyclic amines) is 1. The van der Waals surface area contributed by atoms with Crippen molar-refractivity contribution in [2.75, 3.05) is 39.9 Å². The molecule has 0 spiro atoms. The van der Waals surface area contributed by atoms with Crippen LogP contribution in [0.25, 0.3) is 0 Å². The monoisotopic (exact) mass is 265 g/mol. The summed E-state index contributed by atoms with van der Waals surface area (Å²) in [5.41, 5.74) is -0.857. The largest absolute Gasteiger partial charge is 0.381 e. The number of rotatable bonds is 3. The van der Waals surface area contributed by atoms with Gasteiger partial charge in [-0.15, -0.1) is 0 Å². The molecule has 2 aliphatic heterocycles. The van der Waals surface area contributed by atoms with Crippen molar-refractivity contribution in [1.82, 2.24) is 10.2 Å². The number of nitrogens with one attached hydrogen (secondary N) is 1. The maximum atomic E-state index is 12.3. The van der Waals surface area contributed by atoms with Gasteiger partial charge in [0, 0.05) is 19.8 Å². The lowest BCUT2D eigenvalue weighted by atomic mass is 9.80. The Morgan fingerprint density at radius 3 is 2.63 bits per heavy atom. The average molecular weight is 265 g/mol. The second kappa shape index (κ2) is 6.36. The predicted molar refractivity (Wildman–Crippen MR) is 71.3 cm³/mol. The van der Waals surface area contributed by atoms with Crippen molar-refractivity contribution >= 4 is 5.91 Å². The molecule has 0 bridgehead atoms. The first-order chi connectivity index (χ1) is 9.16. The Hall–Kier alpha value is -1.12. The van der Waals surface area contributed by atoms with Crippen LogP contribution in [0.5, 0.6) is 0 Å². The molecule has 2 aliphatic rings. The van der Waals surface area contributed by atoms with E-state index in [2.05, 4.69) is 23.3 Å². The fraction of sp³-hybridized carbons (Fsp3) is 0.857. The standard InChI is InChI=1S/C14H23N3O2/c1-17-6-2-12(3-7-17)10-16-13(18)14(11-15)4-8-19-9-5-14/h12H,2-10H2,1H3,(H,16,18). The molecular weight excluding hydrogens is 242 g/mol. The summed E-state index contributed by atoms with van der Waals surface area (Å²) in [6.07, 6.45) is 3.28. The zero-order chi connectivity index (χ0) is 13.7. The normalized spacial score (nSPS) is 24.6. The van der Waals surface area contributed by atoms with Gasteiger partial charge in [0.15, 0.2) is 0 Å². The van der Waals surface area contributed by atoms with E-state index in [1.54, 1.807) is 0 Å². The summed E-state index contributed by atoms with van der Waals surface area (Å²) in [5, 5.41) is 12.3. The van der Waals surface area contributed by atoms with Gasteiger partial charge in [-0.1, -0.05) is 0 Å². The molecule has 0 aliphatic carbocycles. The average Bonchev–Trinajstić information content (AvgIpc) is 2.47. The highest BCUT2D eigenvalue weighted by molar-refractivity contribution is 5.85. The van der Waals surface area contributed by atoms with Gasteiger partial charge < -0.3 is 15.0 Å². The summed E-state index contributed by atoms with van der Waals surface area (Å²) in [6, 6.07) is 2.21. The Kier molecular flexibility index (Phi) is 4.78. The number of nitrogens with zero attached hydrogens (tertiary/aromatic N) is 2. The van der Waals surface area contributed by atoms with E-state index in [4.69, 9.17) is 4.74 Å². The highest BCUT2D eigenvalue weighted by atomic mass is 16.5.